The molecule has 0 aromatic heterocycles. The molecule has 2 N–H and O–H groups in total. The zero-order valence-electron chi connectivity index (χ0n) is 8.13. The molecular formula is C10H12ClNO2. The number of benzene rings is 1. The fraction of sp³-hybridized carbons (Fsp3) is 0.300. The van der Waals surface area contributed by atoms with Gasteiger partial charge < -0.3 is 10.5 Å². The van der Waals surface area contributed by atoms with Crippen LogP contribution in [0.2, 0.25) is 5.02 Å². The number of hydrogen-bond acceptors (Lipinski definition) is 3. The van der Waals surface area contributed by atoms with Gasteiger partial charge in [0.15, 0.2) is 11.5 Å². The zero-order valence-corrected chi connectivity index (χ0v) is 8.89. The average molecular weight is 214 g/mol. The molecule has 1 aromatic carbocycles. The van der Waals surface area contributed by atoms with Gasteiger partial charge in [-0.3, -0.25) is 4.79 Å². The van der Waals surface area contributed by atoms with E-state index < -0.39 is 0 Å². The van der Waals surface area contributed by atoms with E-state index in [1.807, 2.05) is 6.92 Å². The smallest absolute Gasteiger partial charge is 0.163 e. The topological polar surface area (TPSA) is 52.3 Å². The molecule has 0 amide bonds. The summed E-state index contributed by atoms with van der Waals surface area (Å²) >= 11 is 5.81. The lowest BCUT2D eigenvalue weighted by Crippen LogP contribution is -2.04. The van der Waals surface area contributed by atoms with Crippen LogP contribution in [0.3, 0.4) is 0 Å². The number of ketones is 1. The molecule has 0 saturated heterocycles. The van der Waals surface area contributed by atoms with Gasteiger partial charge in [-0.2, -0.15) is 0 Å². The number of halogens is 1. The van der Waals surface area contributed by atoms with Gasteiger partial charge in [-0.25, -0.2) is 0 Å². The van der Waals surface area contributed by atoms with Crippen molar-refractivity contribution < 1.29 is 9.53 Å². The first-order valence-corrected chi connectivity index (χ1v) is 4.67. The molecule has 76 valence electrons. The van der Waals surface area contributed by atoms with Crippen molar-refractivity contribution in [2.24, 2.45) is 0 Å². The highest BCUT2D eigenvalue weighted by atomic mass is 35.5. The van der Waals surface area contributed by atoms with Gasteiger partial charge in [0, 0.05) is 0 Å². The Balaban J connectivity index is 3.29. The van der Waals surface area contributed by atoms with Crippen molar-refractivity contribution in [2.75, 3.05) is 12.3 Å². The third-order valence-corrected chi connectivity index (χ3v) is 2.14. The molecule has 0 atom stereocenters. The fourth-order valence-electron chi connectivity index (χ4n) is 1.15. The minimum Gasteiger partial charge on any atom is -0.491 e. The van der Waals surface area contributed by atoms with Crippen molar-refractivity contribution in [1.29, 1.82) is 0 Å². The molecular weight excluding hydrogens is 202 g/mol. The molecule has 0 spiro atoms. The van der Waals surface area contributed by atoms with Gasteiger partial charge in [0.05, 0.1) is 22.9 Å². The zero-order chi connectivity index (χ0) is 10.7. The molecule has 0 radical (unpaired) electrons. The lowest BCUT2D eigenvalue weighted by atomic mass is 10.1. The summed E-state index contributed by atoms with van der Waals surface area (Å²) in [6, 6.07) is 3.21. The summed E-state index contributed by atoms with van der Waals surface area (Å²) in [4.78, 5) is 11.2. The van der Waals surface area contributed by atoms with Gasteiger partial charge in [0.25, 0.3) is 0 Å². The van der Waals surface area contributed by atoms with Crippen LogP contribution in [0.15, 0.2) is 12.1 Å². The molecule has 4 heteroatoms. The highest BCUT2D eigenvalue weighted by Gasteiger charge is 2.13. The summed E-state index contributed by atoms with van der Waals surface area (Å²) in [5.74, 6) is 0.296. The summed E-state index contributed by atoms with van der Waals surface area (Å²) < 4.78 is 5.28. The summed E-state index contributed by atoms with van der Waals surface area (Å²) in [6.45, 7) is 3.74. The van der Waals surface area contributed by atoms with Gasteiger partial charge in [0.2, 0.25) is 0 Å². The predicted molar refractivity (Wildman–Crippen MR) is 57.0 cm³/mol. The molecule has 0 saturated carbocycles. The number of Topliss-reactive ketones (excluding diaryl/α,β-unsaturated/α-hetero) is 1. The van der Waals surface area contributed by atoms with Crippen molar-refractivity contribution >= 4 is 23.1 Å². The molecule has 0 unspecified atom stereocenters. The molecule has 1 aromatic rings. The SMILES string of the molecule is CCOc1c(C(C)=O)ccc(Cl)c1N. The Bertz CT molecular complexity index is 363. The maximum Gasteiger partial charge on any atom is 0.163 e. The van der Waals surface area contributed by atoms with Gasteiger partial charge in [-0.15, -0.1) is 0 Å². The van der Waals surface area contributed by atoms with E-state index >= 15 is 0 Å². The number of anilines is 1. The summed E-state index contributed by atoms with van der Waals surface area (Å²) in [7, 11) is 0. The van der Waals surface area contributed by atoms with Crippen molar-refractivity contribution in [3.05, 3.63) is 22.7 Å². The molecule has 0 aliphatic carbocycles. The average Bonchev–Trinajstić information content (AvgIpc) is 2.13. The highest BCUT2D eigenvalue weighted by molar-refractivity contribution is 6.33. The maximum atomic E-state index is 11.2. The molecule has 0 aliphatic rings. The lowest BCUT2D eigenvalue weighted by molar-refractivity contribution is 0.101. The van der Waals surface area contributed by atoms with Gasteiger partial charge in [0.1, 0.15) is 0 Å². The van der Waals surface area contributed by atoms with Crippen molar-refractivity contribution in [3.8, 4) is 5.75 Å². The second kappa shape index (κ2) is 4.33. The lowest BCUT2D eigenvalue weighted by Gasteiger charge is -2.11. The van der Waals surface area contributed by atoms with Crippen molar-refractivity contribution in [1.82, 2.24) is 0 Å². The van der Waals surface area contributed by atoms with E-state index in [9.17, 15) is 4.79 Å². The summed E-state index contributed by atoms with van der Waals surface area (Å²) in [6.07, 6.45) is 0. The molecule has 1 rings (SSSR count). The molecule has 0 fully saturated rings. The van der Waals surface area contributed by atoms with Crippen LogP contribution in [0.25, 0.3) is 0 Å². The second-order valence-corrected chi connectivity index (χ2v) is 3.23. The Morgan fingerprint density at radius 2 is 2.21 bits per heavy atom. The normalized spacial score (nSPS) is 9.93. The molecule has 0 bridgehead atoms. The summed E-state index contributed by atoms with van der Waals surface area (Å²) in [5.41, 5.74) is 6.49. The quantitative estimate of drug-likeness (QED) is 0.620. The third kappa shape index (κ3) is 1.99. The Labute approximate surface area is 87.8 Å². The van der Waals surface area contributed by atoms with Gasteiger partial charge in [-0.05, 0) is 26.0 Å². The standard InChI is InChI=1S/C10H12ClNO2/c1-3-14-10-7(6(2)13)4-5-8(11)9(10)12/h4-5H,3,12H2,1-2H3. The molecule has 3 nitrogen and oxygen atoms in total. The van der Waals surface area contributed by atoms with E-state index in [4.69, 9.17) is 22.1 Å². The van der Waals surface area contributed by atoms with E-state index in [2.05, 4.69) is 0 Å². The van der Waals surface area contributed by atoms with Gasteiger partial charge >= 0.3 is 0 Å². The van der Waals surface area contributed by atoms with Crippen molar-refractivity contribution in [2.45, 2.75) is 13.8 Å². The van der Waals surface area contributed by atoms with Crippen LogP contribution in [0.4, 0.5) is 5.69 Å². The van der Waals surface area contributed by atoms with Crippen LogP contribution >= 0.6 is 11.6 Å². The van der Waals surface area contributed by atoms with Crippen LogP contribution in [-0.4, -0.2) is 12.4 Å². The number of ether oxygens (including phenoxy) is 1. The van der Waals surface area contributed by atoms with Crippen LogP contribution in [0.1, 0.15) is 24.2 Å². The number of hydrogen-bond donors (Lipinski definition) is 1. The van der Waals surface area contributed by atoms with Crippen LogP contribution in [-0.2, 0) is 0 Å². The third-order valence-electron chi connectivity index (χ3n) is 1.81. The number of carbonyl (C=O) groups is 1. The monoisotopic (exact) mass is 213 g/mol. The van der Waals surface area contributed by atoms with E-state index in [0.717, 1.165) is 0 Å². The minimum absolute atomic E-state index is 0.0863. The van der Waals surface area contributed by atoms with Crippen LogP contribution in [0, 0.1) is 0 Å². The number of nitrogen functional groups attached to an aromatic ring is 1. The van der Waals surface area contributed by atoms with E-state index in [1.165, 1.54) is 6.92 Å². The number of carbonyl (C=O) groups excluding carboxylic acids is 1. The Hall–Kier alpha value is -1.22. The Kier molecular flexibility index (Phi) is 3.36. The van der Waals surface area contributed by atoms with E-state index in [0.29, 0.717) is 28.6 Å². The first-order valence-electron chi connectivity index (χ1n) is 4.29. The molecule has 0 heterocycles. The predicted octanol–water partition coefficient (Wildman–Crippen LogP) is 2.52. The number of nitrogens with two attached hydrogens (primary N) is 1. The van der Waals surface area contributed by atoms with Gasteiger partial charge in [-0.1, -0.05) is 11.6 Å². The number of rotatable bonds is 3. The minimum atomic E-state index is -0.0863. The first kappa shape index (κ1) is 10.9. The molecule has 14 heavy (non-hydrogen) atoms. The van der Waals surface area contributed by atoms with E-state index in [1.54, 1.807) is 12.1 Å². The maximum absolute atomic E-state index is 11.2. The largest absolute Gasteiger partial charge is 0.491 e. The Morgan fingerprint density at radius 1 is 1.57 bits per heavy atom. The first-order chi connectivity index (χ1) is 6.57. The summed E-state index contributed by atoms with van der Waals surface area (Å²) in [5, 5.41) is 0.401. The fourth-order valence-corrected chi connectivity index (χ4v) is 1.30. The van der Waals surface area contributed by atoms with Crippen LogP contribution in [0.5, 0.6) is 5.75 Å². The van der Waals surface area contributed by atoms with Crippen molar-refractivity contribution in [3.63, 3.8) is 0 Å². The second-order valence-electron chi connectivity index (χ2n) is 2.83. The van der Waals surface area contributed by atoms with E-state index in [-0.39, 0.29) is 5.78 Å². The van der Waals surface area contributed by atoms with Crippen LogP contribution < -0.4 is 10.5 Å². The molecule has 0 aliphatic heterocycles. The highest BCUT2D eigenvalue weighted by Crippen LogP contribution is 2.33. The Morgan fingerprint density at radius 3 is 2.71 bits per heavy atom.